The standard InChI is InChI=1S/C24H20FN7O4S/c1-3-16-7-8-18(21(11-16)36-37(25,34)35)13-28-24(33)17-5-4-6-19(12-17)27-14-22-30-31-23(32(22)2)20-9-10-26-15-29-20/h1,4-12,15,27H,13-14H2,2H3,(H,28,33). The zero-order valence-corrected chi connectivity index (χ0v) is 20.2. The van der Waals surface area contributed by atoms with Gasteiger partial charge in [0.05, 0.1) is 6.54 Å². The van der Waals surface area contributed by atoms with Crippen molar-refractivity contribution in [1.82, 2.24) is 30.0 Å². The van der Waals surface area contributed by atoms with Crippen molar-refractivity contribution < 1.29 is 21.3 Å². The molecule has 2 heterocycles. The van der Waals surface area contributed by atoms with E-state index < -0.39 is 16.4 Å². The highest BCUT2D eigenvalue weighted by Crippen LogP contribution is 2.23. The Bertz CT molecular complexity index is 1580. The number of rotatable bonds is 9. The van der Waals surface area contributed by atoms with E-state index in [1.165, 1.54) is 24.5 Å². The molecule has 0 aliphatic heterocycles. The van der Waals surface area contributed by atoms with E-state index in [2.05, 4.69) is 40.9 Å². The van der Waals surface area contributed by atoms with E-state index in [1.54, 1.807) is 41.1 Å². The fourth-order valence-corrected chi connectivity index (χ4v) is 3.74. The van der Waals surface area contributed by atoms with Gasteiger partial charge in [0.15, 0.2) is 17.4 Å². The van der Waals surface area contributed by atoms with E-state index in [0.29, 0.717) is 40.7 Å². The van der Waals surface area contributed by atoms with Gasteiger partial charge >= 0.3 is 10.5 Å². The Balaban J connectivity index is 1.42. The summed E-state index contributed by atoms with van der Waals surface area (Å²) in [7, 11) is -3.45. The SMILES string of the molecule is C#Cc1ccc(CNC(=O)c2cccc(NCc3nnc(-c4ccncn4)n3C)c2)c(OS(=O)(=O)F)c1. The van der Waals surface area contributed by atoms with Gasteiger partial charge in [-0.2, -0.15) is 8.42 Å². The Morgan fingerprint density at radius 2 is 2.00 bits per heavy atom. The van der Waals surface area contributed by atoms with Gasteiger partial charge in [-0.25, -0.2) is 9.97 Å². The number of terminal acetylenes is 1. The molecule has 2 aromatic carbocycles. The Kier molecular flexibility index (Phi) is 7.40. The van der Waals surface area contributed by atoms with Crippen LogP contribution in [0.3, 0.4) is 0 Å². The van der Waals surface area contributed by atoms with E-state index in [-0.39, 0.29) is 17.9 Å². The maximum atomic E-state index is 13.1. The third kappa shape index (κ3) is 6.44. The molecule has 2 N–H and O–H groups in total. The van der Waals surface area contributed by atoms with Crippen molar-refractivity contribution in [1.29, 1.82) is 0 Å². The van der Waals surface area contributed by atoms with Crippen LogP contribution in [-0.2, 0) is 30.6 Å². The Morgan fingerprint density at radius 1 is 1.16 bits per heavy atom. The van der Waals surface area contributed by atoms with Crippen molar-refractivity contribution in [3.63, 3.8) is 0 Å². The van der Waals surface area contributed by atoms with Gasteiger partial charge in [0.25, 0.3) is 5.91 Å². The zero-order chi connectivity index (χ0) is 26.4. The predicted molar refractivity (Wildman–Crippen MR) is 132 cm³/mol. The van der Waals surface area contributed by atoms with Crippen LogP contribution in [0.25, 0.3) is 11.5 Å². The minimum absolute atomic E-state index is 0.128. The molecule has 0 aliphatic rings. The first-order valence-electron chi connectivity index (χ1n) is 10.7. The molecular formula is C24H20FN7O4S. The van der Waals surface area contributed by atoms with Crippen molar-refractivity contribution >= 4 is 22.1 Å². The van der Waals surface area contributed by atoms with E-state index in [1.807, 2.05) is 7.05 Å². The fourth-order valence-electron chi connectivity index (χ4n) is 3.37. The molecule has 0 aliphatic carbocycles. The number of carbonyl (C=O) groups is 1. The van der Waals surface area contributed by atoms with Crippen molar-refractivity contribution in [3.8, 4) is 29.6 Å². The molecule has 11 nitrogen and oxygen atoms in total. The second-order valence-corrected chi connectivity index (χ2v) is 8.61. The molecule has 37 heavy (non-hydrogen) atoms. The van der Waals surface area contributed by atoms with Crippen molar-refractivity contribution in [2.24, 2.45) is 7.05 Å². The molecular weight excluding hydrogens is 501 g/mol. The molecule has 0 spiro atoms. The first-order chi connectivity index (χ1) is 17.7. The second kappa shape index (κ2) is 10.8. The van der Waals surface area contributed by atoms with Crippen LogP contribution in [-0.4, -0.2) is 39.1 Å². The number of nitrogens with zero attached hydrogens (tertiary/aromatic N) is 5. The highest BCUT2D eigenvalue weighted by Gasteiger charge is 2.16. The summed E-state index contributed by atoms with van der Waals surface area (Å²) in [5.74, 6) is 2.80. The van der Waals surface area contributed by atoms with E-state index in [0.717, 1.165) is 0 Å². The molecule has 1 amide bonds. The average Bonchev–Trinajstić information content (AvgIpc) is 3.26. The van der Waals surface area contributed by atoms with Crippen LogP contribution >= 0.6 is 0 Å². The molecule has 0 unspecified atom stereocenters. The van der Waals surface area contributed by atoms with E-state index in [4.69, 9.17) is 6.42 Å². The summed E-state index contributed by atoms with van der Waals surface area (Å²) >= 11 is 0. The second-order valence-electron chi connectivity index (χ2n) is 7.65. The van der Waals surface area contributed by atoms with Gasteiger partial charge in [0.1, 0.15) is 12.0 Å². The molecule has 4 aromatic rings. The van der Waals surface area contributed by atoms with Gasteiger partial charge in [-0.05, 0) is 36.4 Å². The first kappa shape index (κ1) is 25.3. The maximum absolute atomic E-state index is 13.1. The van der Waals surface area contributed by atoms with E-state index >= 15 is 0 Å². The summed E-state index contributed by atoms with van der Waals surface area (Å²) in [4.78, 5) is 20.8. The lowest BCUT2D eigenvalue weighted by Gasteiger charge is -2.11. The van der Waals surface area contributed by atoms with Crippen LogP contribution in [0.4, 0.5) is 9.57 Å². The van der Waals surface area contributed by atoms with Crippen molar-refractivity contribution in [2.75, 3.05) is 5.32 Å². The van der Waals surface area contributed by atoms with Crippen molar-refractivity contribution in [3.05, 3.63) is 83.6 Å². The third-order valence-electron chi connectivity index (χ3n) is 5.21. The number of carbonyl (C=O) groups excluding carboxylic acids is 1. The molecule has 0 saturated carbocycles. The Hall–Kier alpha value is -4.83. The molecule has 4 rings (SSSR count). The van der Waals surface area contributed by atoms with Gasteiger partial charge in [0, 0.05) is 42.2 Å². The molecule has 0 saturated heterocycles. The summed E-state index contributed by atoms with van der Waals surface area (Å²) in [6.07, 6.45) is 8.36. The van der Waals surface area contributed by atoms with Crippen molar-refractivity contribution in [2.45, 2.75) is 13.1 Å². The van der Waals surface area contributed by atoms with Crippen LogP contribution in [0, 0.1) is 12.3 Å². The molecule has 13 heteroatoms. The molecule has 0 radical (unpaired) electrons. The van der Waals surface area contributed by atoms with Gasteiger partial charge in [-0.3, -0.25) is 4.79 Å². The smallest absolute Gasteiger partial charge is 0.378 e. The van der Waals surface area contributed by atoms with Crippen LogP contribution in [0.2, 0.25) is 0 Å². The normalized spacial score (nSPS) is 10.9. The number of hydrogen-bond acceptors (Lipinski definition) is 9. The highest BCUT2D eigenvalue weighted by atomic mass is 32.3. The number of nitrogens with one attached hydrogen (secondary N) is 2. The number of hydrogen-bond donors (Lipinski definition) is 2. The Morgan fingerprint density at radius 3 is 2.73 bits per heavy atom. The number of aromatic nitrogens is 5. The average molecular weight is 522 g/mol. The predicted octanol–water partition coefficient (Wildman–Crippen LogP) is 2.39. The molecule has 2 aromatic heterocycles. The minimum atomic E-state index is -5.27. The first-order valence-corrected chi connectivity index (χ1v) is 12.0. The lowest BCUT2D eigenvalue weighted by Crippen LogP contribution is -2.23. The number of anilines is 1. The third-order valence-corrected chi connectivity index (χ3v) is 5.59. The zero-order valence-electron chi connectivity index (χ0n) is 19.4. The topological polar surface area (TPSA) is 141 Å². The summed E-state index contributed by atoms with van der Waals surface area (Å²) in [5, 5.41) is 14.2. The van der Waals surface area contributed by atoms with Gasteiger partial charge in [-0.1, -0.05) is 21.9 Å². The summed E-state index contributed by atoms with van der Waals surface area (Å²) < 4.78 is 41.2. The lowest BCUT2D eigenvalue weighted by molar-refractivity contribution is 0.0951. The summed E-state index contributed by atoms with van der Waals surface area (Å²) in [6, 6.07) is 12.6. The monoisotopic (exact) mass is 521 g/mol. The van der Waals surface area contributed by atoms with Gasteiger partial charge in [0.2, 0.25) is 0 Å². The Labute approximate surface area is 212 Å². The summed E-state index contributed by atoms with van der Waals surface area (Å²) in [5.41, 5.74) is 2.15. The van der Waals surface area contributed by atoms with Crippen LogP contribution in [0.1, 0.15) is 27.3 Å². The number of amides is 1. The number of benzene rings is 2. The lowest BCUT2D eigenvalue weighted by atomic mass is 10.1. The van der Waals surface area contributed by atoms with Gasteiger partial charge < -0.3 is 19.4 Å². The fraction of sp³-hybridized carbons (Fsp3) is 0.125. The highest BCUT2D eigenvalue weighted by molar-refractivity contribution is 7.81. The minimum Gasteiger partial charge on any atom is -0.378 e. The van der Waals surface area contributed by atoms with Gasteiger partial charge in [-0.15, -0.1) is 16.6 Å². The largest absolute Gasteiger partial charge is 0.488 e. The molecule has 0 fully saturated rings. The van der Waals surface area contributed by atoms with Crippen LogP contribution in [0.5, 0.6) is 5.75 Å². The summed E-state index contributed by atoms with van der Waals surface area (Å²) in [6.45, 7) is 0.205. The number of halogens is 1. The van der Waals surface area contributed by atoms with E-state index in [9.17, 15) is 17.1 Å². The quantitative estimate of drug-likeness (QED) is 0.251. The van der Waals surface area contributed by atoms with Crippen LogP contribution in [0.15, 0.2) is 61.1 Å². The van der Waals surface area contributed by atoms with Crippen LogP contribution < -0.4 is 14.8 Å². The molecule has 0 bridgehead atoms. The molecule has 188 valence electrons. The molecule has 0 atom stereocenters. The maximum Gasteiger partial charge on any atom is 0.488 e.